The first-order valence-electron chi connectivity index (χ1n) is 15.7. The Balaban J connectivity index is 1.54. The summed E-state index contributed by atoms with van der Waals surface area (Å²) in [5.74, 6) is -2.45. The maximum atomic E-state index is 13.6. The van der Waals surface area contributed by atoms with Gasteiger partial charge in [-0.25, -0.2) is 14.6 Å². The van der Waals surface area contributed by atoms with Gasteiger partial charge < -0.3 is 33.6 Å². The maximum Gasteiger partial charge on any atom is 0.412 e. The number of allylic oxidation sites excluding steroid dienone is 2. The number of ketones is 1. The number of carbonyl (C=O) groups excluding carboxylic acids is 5. The highest BCUT2D eigenvalue weighted by atomic mass is 16.6. The average Bonchev–Trinajstić information content (AvgIpc) is 3.80. The van der Waals surface area contributed by atoms with Crippen molar-refractivity contribution in [3.05, 3.63) is 66.0 Å². The Kier molecular flexibility index (Phi) is 12.4. The zero-order valence-electron chi connectivity index (χ0n) is 27.3. The molecule has 5 unspecified atom stereocenters. The van der Waals surface area contributed by atoms with Gasteiger partial charge >= 0.3 is 12.1 Å². The number of rotatable bonds is 4. The third kappa shape index (κ3) is 10.2. The van der Waals surface area contributed by atoms with E-state index in [1.54, 1.807) is 45.9 Å². The Morgan fingerprint density at radius 3 is 2.71 bits per heavy atom. The highest BCUT2D eigenvalue weighted by molar-refractivity contribution is 5.95. The number of Topliss-reactive ketones (excluding diaryl/α,β-unsaturated/α-hetero) is 1. The second kappa shape index (κ2) is 16.7. The Labute approximate surface area is 277 Å². The Morgan fingerprint density at radius 1 is 1.17 bits per heavy atom. The number of aromatic nitrogens is 2. The lowest BCUT2D eigenvalue weighted by molar-refractivity contribution is -0.159. The van der Waals surface area contributed by atoms with Crippen molar-refractivity contribution in [1.82, 2.24) is 20.2 Å². The maximum absolute atomic E-state index is 13.6. The first-order valence-corrected chi connectivity index (χ1v) is 15.7. The van der Waals surface area contributed by atoms with Crippen molar-refractivity contribution in [1.29, 1.82) is 0 Å². The quantitative estimate of drug-likeness (QED) is 0.403. The number of oxazole rings is 2. The van der Waals surface area contributed by atoms with Crippen LogP contribution in [-0.2, 0) is 30.3 Å². The largest absolute Gasteiger partial charge is 0.460 e. The molecule has 258 valence electrons. The number of aliphatic hydroxyl groups is 1. The number of cyclic esters (lactones) is 1. The summed E-state index contributed by atoms with van der Waals surface area (Å²) in [5.41, 5.74) is 0.619. The van der Waals surface area contributed by atoms with Crippen molar-refractivity contribution < 1.29 is 47.4 Å². The van der Waals surface area contributed by atoms with Crippen LogP contribution in [0.25, 0.3) is 0 Å². The van der Waals surface area contributed by atoms with Gasteiger partial charge in [-0.05, 0) is 25.8 Å². The molecule has 2 bridgehead atoms. The molecule has 48 heavy (non-hydrogen) atoms. The molecule has 0 saturated carbocycles. The molecule has 15 nitrogen and oxygen atoms in total. The van der Waals surface area contributed by atoms with Gasteiger partial charge in [0.15, 0.2) is 17.4 Å². The molecule has 5 atom stereocenters. The van der Waals surface area contributed by atoms with Crippen LogP contribution in [0.5, 0.6) is 0 Å². The first kappa shape index (κ1) is 35.8. The molecule has 3 N–H and O–H groups in total. The number of carbonyl (C=O) groups is 5. The van der Waals surface area contributed by atoms with Crippen molar-refractivity contribution in [2.75, 3.05) is 25.0 Å². The normalized spacial score (nSPS) is 24.6. The fraction of sp³-hybridized carbons (Fsp3) is 0.485. The second-order valence-electron chi connectivity index (χ2n) is 11.9. The highest BCUT2D eigenvalue weighted by Gasteiger charge is 2.39. The lowest BCUT2D eigenvalue weighted by Crippen LogP contribution is -2.44. The van der Waals surface area contributed by atoms with Gasteiger partial charge in [-0.1, -0.05) is 43.7 Å². The van der Waals surface area contributed by atoms with Crippen LogP contribution in [0.2, 0.25) is 0 Å². The van der Waals surface area contributed by atoms with Gasteiger partial charge in [0.25, 0.3) is 5.91 Å². The SMILES string of the molecule is CC1=CC(O)CC(=O)Cc2nc(co2)C(=O)N2CCCC2C(=O)OC(C(C)COC(=O)Nc2coc(C)n2)C(C)/C=C/C(=O)NCC=C1. The second-order valence-corrected chi connectivity index (χ2v) is 11.9. The number of nitrogens with one attached hydrogen (secondary N) is 2. The van der Waals surface area contributed by atoms with E-state index in [4.69, 9.17) is 18.3 Å². The van der Waals surface area contributed by atoms with E-state index >= 15 is 0 Å². The molecular formula is C33H41N5O10. The monoisotopic (exact) mass is 667 g/mol. The lowest BCUT2D eigenvalue weighted by atomic mass is 9.93. The van der Waals surface area contributed by atoms with Crippen LogP contribution in [0.4, 0.5) is 10.6 Å². The van der Waals surface area contributed by atoms with Gasteiger partial charge in [0.1, 0.15) is 30.5 Å². The minimum Gasteiger partial charge on any atom is -0.460 e. The molecule has 2 aliphatic heterocycles. The molecule has 2 aromatic rings. The predicted molar refractivity (Wildman–Crippen MR) is 169 cm³/mol. The number of amides is 3. The summed E-state index contributed by atoms with van der Waals surface area (Å²) >= 11 is 0. The van der Waals surface area contributed by atoms with E-state index in [0.717, 1.165) is 6.26 Å². The predicted octanol–water partition coefficient (Wildman–Crippen LogP) is 3.06. The van der Waals surface area contributed by atoms with Gasteiger partial charge in [-0.15, -0.1) is 0 Å². The van der Waals surface area contributed by atoms with Crippen molar-refractivity contribution in [2.24, 2.45) is 11.8 Å². The molecule has 3 amide bonds. The summed E-state index contributed by atoms with van der Waals surface area (Å²) in [6.07, 6.45) is 8.01. The number of aliphatic hydroxyl groups excluding tert-OH is 1. The molecule has 0 radical (unpaired) electrons. The zero-order valence-corrected chi connectivity index (χ0v) is 27.3. The van der Waals surface area contributed by atoms with Gasteiger partial charge in [0.2, 0.25) is 11.8 Å². The molecule has 0 aromatic carbocycles. The molecule has 1 fully saturated rings. The third-order valence-electron chi connectivity index (χ3n) is 7.78. The molecule has 2 aliphatic rings. The first-order chi connectivity index (χ1) is 22.9. The van der Waals surface area contributed by atoms with Gasteiger partial charge in [0.05, 0.1) is 19.1 Å². The van der Waals surface area contributed by atoms with Crippen LogP contribution in [0.15, 0.2) is 57.3 Å². The van der Waals surface area contributed by atoms with Crippen LogP contribution in [0.3, 0.4) is 0 Å². The molecule has 15 heteroatoms. The Morgan fingerprint density at radius 2 is 1.96 bits per heavy atom. The van der Waals surface area contributed by atoms with Crippen LogP contribution < -0.4 is 10.6 Å². The molecular weight excluding hydrogens is 626 g/mol. The number of hydrogen-bond donors (Lipinski definition) is 3. The molecule has 2 aromatic heterocycles. The summed E-state index contributed by atoms with van der Waals surface area (Å²) in [7, 11) is 0. The number of nitrogens with zero attached hydrogens (tertiary/aromatic N) is 3. The number of hydrogen-bond acceptors (Lipinski definition) is 12. The molecule has 0 spiro atoms. The number of ether oxygens (including phenoxy) is 2. The number of fused-ring (bicyclic) bond motifs is 3. The van der Waals surface area contributed by atoms with E-state index in [2.05, 4.69) is 20.6 Å². The van der Waals surface area contributed by atoms with Gasteiger partial charge in [-0.3, -0.25) is 19.7 Å². The summed E-state index contributed by atoms with van der Waals surface area (Å²) in [4.78, 5) is 74.1. The number of anilines is 1. The summed E-state index contributed by atoms with van der Waals surface area (Å²) in [5, 5.41) is 15.5. The summed E-state index contributed by atoms with van der Waals surface area (Å²) in [6.45, 7) is 7.18. The Bertz CT molecular complexity index is 1570. The topological polar surface area (TPSA) is 203 Å². The van der Waals surface area contributed by atoms with Crippen LogP contribution in [0, 0.1) is 18.8 Å². The van der Waals surface area contributed by atoms with Gasteiger partial charge in [-0.2, -0.15) is 4.98 Å². The van der Waals surface area contributed by atoms with E-state index < -0.39 is 54.0 Å². The van der Waals surface area contributed by atoms with Gasteiger partial charge in [0, 0.05) is 38.3 Å². The fourth-order valence-electron chi connectivity index (χ4n) is 5.41. The highest BCUT2D eigenvalue weighted by Crippen LogP contribution is 2.26. The van der Waals surface area contributed by atoms with Crippen molar-refractivity contribution >= 4 is 35.5 Å². The average molecular weight is 668 g/mol. The van der Waals surface area contributed by atoms with E-state index in [0.29, 0.717) is 24.3 Å². The fourth-order valence-corrected chi connectivity index (χ4v) is 5.41. The number of aryl methyl sites for hydroxylation is 1. The zero-order chi connectivity index (χ0) is 34.8. The summed E-state index contributed by atoms with van der Waals surface area (Å²) < 4.78 is 21.8. The van der Waals surface area contributed by atoms with Crippen molar-refractivity contribution in [2.45, 2.75) is 71.6 Å². The Hall–Kier alpha value is -5.05. The standard InChI is InChI=1S/C33H41N5O10/c1-19-7-5-11-34-28(41)10-9-20(2)30(21(3)16-47-33(44)37-27-18-45-22(4)35-27)48-32(43)26-8-6-12-38(26)31(42)25-17-46-29(36-25)15-24(40)14-23(39)13-19/h5,7,9-10,13,17-18,20-21,23,26,30,39H,6,8,11-12,14-16H2,1-4H3,(H,34,41)(H,37,44)/b7-5?,10-9+,19-13?. The van der Waals surface area contributed by atoms with Crippen LogP contribution in [0.1, 0.15) is 62.3 Å². The molecule has 1 saturated heterocycles. The molecule has 4 heterocycles. The van der Waals surface area contributed by atoms with Crippen LogP contribution in [-0.4, -0.2) is 87.6 Å². The lowest BCUT2D eigenvalue weighted by Gasteiger charge is -2.30. The number of esters is 1. The minimum atomic E-state index is -1.05. The molecule has 0 aliphatic carbocycles. The van der Waals surface area contributed by atoms with E-state index in [1.807, 2.05) is 0 Å². The van der Waals surface area contributed by atoms with E-state index in [9.17, 15) is 29.1 Å². The van der Waals surface area contributed by atoms with E-state index in [-0.39, 0.29) is 55.7 Å². The van der Waals surface area contributed by atoms with E-state index in [1.165, 1.54) is 23.3 Å². The van der Waals surface area contributed by atoms with Crippen molar-refractivity contribution in [3.8, 4) is 0 Å². The van der Waals surface area contributed by atoms with Crippen molar-refractivity contribution in [3.63, 3.8) is 0 Å². The molecule has 4 rings (SSSR count). The minimum absolute atomic E-state index is 0.0147. The summed E-state index contributed by atoms with van der Waals surface area (Å²) in [6, 6.07) is -0.924. The third-order valence-corrected chi connectivity index (χ3v) is 7.78. The smallest absolute Gasteiger partial charge is 0.412 e. The van der Waals surface area contributed by atoms with Crippen LogP contribution >= 0.6 is 0 Å².